The Hall–Kier alpha value is -1.54. The quantitative estimate of drug-likeness (QED) is 0.0243. The highest BCUT2D eigenvalue weighted by Gasteiger charge is 2.27. The number of nitrogens with one attached hydrogen (secondary N) is 1. The second-order valence-electron chi connectivity index (χ2n) is 18.5. The third-order valence-electron chi connectivity index (χ3n) is 11.2. The third-order valence-corrected chi connectivity index (χ3v) is 12.2. The first-order valence-electron chi connectivity index (χ1n) is 25.5. The molecule has 0 fully saturated rings. The highest BCUT2D eigenvalue weighted by molar-refractivity contribution is 7.47. The average molecular weight is 880 g/mol. The topological polar surface area (TPSA) is 105 Å². The molecule has 0 aliphatic carbocycles. The van der Waals surface area contributed by atoms with Crippen LogP contribution in [-0.4, -0.2) is 73.4 Å². The fourth-order valence-electron chi connectivity index (χ4n) is 7.19. The Kier molecular flexibility index (Phi) is 42.6. The van der Waals surface area contributed by atoms with E-state index in [0.29, 0.717) is 17.4 Å². The summed E-state index contributed by atoms with van der Waals surface area (Å²) in [6, 6.07) is -0.869. The number of phosphoric acid groups is 1. The number of carbonyl (C=O) groups is 1. The van der Waals surface area contributed by atoms with Gasteiger partial charge in [0, 0.05) is 6.42 Å². The number of allylic oxidation sites excluding steroid dienone is 7. The zero-order valence-corrected chi connectivity index (χ0v) is 41.5. The zero-order valence-electron chi connectivity index (χ0n) is 40.7. The highest BCUT2D eigenvalue weighted by atomic mass is 31.2. The van der Waals surface area contributed by atoms with Crippen LogP contribution in [0.5, 0.6) is 0 Å². The number of carbonyl (C=O) groups excluding carboxylic acids is 1. The van der Waals surface area contributed by atoms with Crippen LogP contribution < -0.4 is 5.32 Å². The van der Waals surface area contributed by atoms with E-state index in [9.17, 15) is 19.4 Å². The normalized spacial score (nSPS) is 14.5. The molecule has 3 atom stereocenters. The van der Waals surface area contributed by atoms with Gasteiger partial charge >= 0.3 is 7.82 Å². The standard InChI is InChI=1S/C52H99N2O6P/c1-6-8-10-12-14-16-18-20-22-23-24-25-26-27-28-29-30-31-32-34-36-38-40-42-44-46-52(56)53-50(49-60-61(57,58)59-48-47-54(3,4)5)51(55)45-43-41-39-37-35-33-21-19-17-15-13-11-9-7-2/h17,19,23-24,35,37,43,45,50-51,55H,6-16,18,20-22,25-34,36,38-42,44,46-49H2,1-5H3,(H-,53,56,57,58)/p+1/b19-17+,24-23-,37-35+,45-43+. The number of phosphoric ester groups is 1. The summed E-state index contributed by atoms with van der Waals surface area (Å²) in [6.45, 7) is 4.77. The predicted octanol–water partition coefficient (Wildman–Crippen LogP) is 14.8. The fraction of sp³-hybridized carbons (Fsp3) is 0.827. The van der Waals surface area contributed by atoms with Crippen molar-refractivity contribution in [3.05, 3.63) is 48.6 Å². The van der Waals surface area contributed by atoms with Crippen LogP contribution in [0.1, 0.15) is 226 Å². The van der Waals surface area contributed by atoms with Crippen molar-refractivity contribution >= 4 is 13.7 Å². The smallest absolute Gasteiger partial charge is 0.387 e. The Morgan fingerprint density at radius 1 is 0.541 bits per heavy atom. The van der Waals surface area contributed by atoms with E-state index in [1.54, 1.807) is 6.08 Å². The lowest BCUT2D eigenvalue weighted by atomic mass is 10.0. The summed E-state index contributed by atoms with van der Waals surface area (Å²) >= 11 is 0. The molecular formula is C52H100N2O6P+. The van der Waals surface area contributed by atoms with Crippen LogP contribution in [0, 0.1) is 0 Å². The largest absolute Gasteiger partial charge is 0.472 e. The van der Waals surface area contributed by atoms with Crippen LogP contribution in [0.15, 0.2) is 48.6 Å². The average Bonchev–Trinajstić information content (AvgIpc) is 3.21. The molecular weight excluding hydrogens is 780 g/mol. The number of hydrogen-bond acceptors (Lipinski definition) is 5. The first-order chi connectivity index (χ1) is 29.5. The maximum atomic E-state index is 12.9. The number of aliphatic hydroxyl groups excluding tert-OH is 1. The van der Waals surface area contributed by atoms with E-state index < -0.39 is 20.0 Å². The lowest BCUT2D eigenvalue weighted by Gasteiger charge is -2.25. The Morgan fingerprint density at radius 3 is 1.33 bits per heavy atom. The van der Waals surface area contributed by atoms with Crippen molar-refractivity contribution in [3.63, 3.8) is 0 Å². The Morgan fingerprint density at radius 2 is 0.902 bits per heavy atom. The number of amides is 1. The number of likely N-dealkylation sites (N-methyl/N-ethyl adjacent to an activating group) is 1. The number of aliphatic hydroxyl groups is 1. The van der Waals surface area contributed by atoms with E-state index in [1.807, 2.05) is 27.2 Å². The maximum absolute atomic E-state index is 12.9. The fourth-order valence-corrected chi connectivity index (χ4v) is 7.92. The molecule has 0 bridgehead atoms. The molecule has 0 radical (unpaired) electrons. The summed E-state index contributed by atoms with van der Waals surface area (Å²) in [5, 5.41) is 13.8. The van der Waals surface area contributed by atoms with Crippen LogP contribution in [0.4, 0.5) is 0 Å². The van der Waals surface area contributed by atoms with E-state index in [2.05, 4.69) is 55.6 Å². The van der Waals surface area contributed by atoms with Crippen molar-refractivity contribution in [1.82, 2.24) is 5.32 Å². The maximum Gasteiger partial charge on any atom is 0.472 e. The molecule has 0 aromatic heterocycles. The highest BCUT2D eigenvalue weighted by Crippen LogP contribution is 2.43. The third kappa shape index (κ3) is 46.3. The van der Waals surface area contributed by atoms with Crippen molar-refractivity contribution in [3.8, 4) is 0 Å². The summed E-state index contributed by atoms with van der Waals surface area (Å²) in [5.74, 6) is -0.191. The van der Waals surface area contributed by atoms with Gasteiger partial charge in [-0.2, -0.15) is 0 Å². The van der Waals surface area contributed by atoms with Crippen molar-refractivity contribution in [2.24, 2.45) is 0 Å². The molecule has 61 heavy (non-hydrogen) atoms. The van der Waals surface area contributed by atoms with E-state index in [1.165, 1.54) is 161 Å². The Balaban J connectivity index is 4.25. The monoisotopic (exact) mass is 880 g/mol. The van der Waals surface area contributed by atoms with Gasteiger partial charge < -0.3 is 19.8 Å². The van der Waals surface area contributed by atoms with Crippen LogP contribution in [-0.2, 0) is 18.4 Å². The second kappa shape index (κ2) is 43.7. The number of rotatable bonds is 46. The Labute approximate surface area is 378 Å². The van der Waals surface area contributed by atoms with Gasteiger partial charge in [-0.1, -0.05) is 197 Å². The van der Waals surface area contributed by atoms with Crippen molar-refractivity contribution < 1.29 is 32.9 Å². The molecule has 0 heterocycles. The molecule has 1 amide bonds. The van der Waals surface area contributed by atoms with Gasteiger partial charge in [-0.3, -0.25) is 13.8 Å². The molecule has 0 aromatic carbocycles. The summed E-state index contributed by atoms with van der Waals surface area (Å²) in [7, 11) is 1.55. The molecule has 3 unspecified atom stereocenters. The number of quaternary nitrogens is 1. The number of nitrogens with zero attached hydrogens (tertiary/aromatic N) is 1. The predicted molar refractivity (Wildman–Crippen MR) is 263 cm³/mol. The first kappa shape index (κ1) is 59.5. The summed E-state index contributed by atoms with van der Waals surface area (Å²) < 4.78 is 23.6. The molecule has 0 spiro atoms. The molecule has 0 saturated carbocycles. The minimum Gasteiger partial charge on any atom is -0.387 e. The lowest BCUT2D eigenvalue weighted by Crippen LogP contribution is -2.45. The van der Waals surface area contributed by atoms with Gasteiger partial charge in [0.2, 0.25) is 5.91 Å². The lowest BCUT2D eigenvalue weighted by molar-refractivity contribution is -0.870. The van der Waals surface area contributed by atoms with Crippen LogP contribution >= 0.6 is 7.82 Å². The van der Waals surface area contributed by atoms with Gasteiger partial charge in [-0.15, -0.1) is 0 Å². The van der Waals surface area contributed by atoms with E-state index in [-0.39, 0.29) is 19.1 Å². The molecule has 3 N–H and O–H groups in total. The minimum atomic E-state index is -4.35. The molecule has 358 valence electrons. The van der Waals surface area contributed by atoms with Gasteiger partial charge in [0.05, 0.1) is 39.9 Å². The van der Waals surface area contributed by atoms with Crippen LogP contribution in [0.3, 0.4) is 0 Å². The van der Waals surface area contributed by atoms with Crippen molar-refractivity contribution in [1.29, 1.82) is 0 Å². The van der Waals surface area contributed by atoms with Gasteiger partial charge in [0.1, 0.15) is 13.2 Å². The van der Waals surface area contributed by atoms with Crippen LogP contribution in [0.25, 0.3) is 0 Å². The molecule has 0 rings (SSSR count). The molecule has 9 heteroatoms. The number of hydrogen-bond donors (Lipinski definition) is 3. The minimum absolute atomic E-state index is 0.0531. The summed E-state index contributed by atoms with van der Waals surface area (Å²) in [6.07, 6.45) is 56.3. The summed E-state index contributed by atoms with van der Waals surface area (Å²) in [4.78, 5) is 23.2. The molecule has 8 nitrogen and oxygen atoms in total. The molecule has 0 aromatic rings. The van der Waals surface area contributed by atoms with Gasteiger partial charge in [-0.05, 0) is 70.6 Å². The summed E-state index contributed by atoms with van der Waals surface area (Å²) in [5.41, 5.74) is 0. The van der Waals surface area contributed by atoms with Crippen LogP contribution in [0.2, 0.25) is 0 Å². The van der Waals surface area contributed by atoms with Gasteiger partial charge in [-0.25, -0.2) is 4.57 Å². The first-order valence-corrected chi connectivity index (χ1v) is 27.0. The Bertz CT molecular complexity index is 1130. The molecule has 0 aliphatic heterocycles. The zero-order chi connectivity index (χ0) is 45.0. The van der Waals surface area contributed by atoms with E-state index in [0.717, 1.165) is 44.9 Å². The van der Waals surface area contributed by atoms with Crippen molar-refractivity contribution in [2.45, 2.75) is 238 Å². The molecule has 0 aliphatic rings. The molecule has 0 saturated heterocycles. The van der Waals surface area contributed by atoms with Crippen molar-refractivity contribution in [2.75, 3.05) is 40.9 Å². The van der Waals surface area contributed by atoms with E-state index in [4.69, 9.17) is 9.05 Å². The van der Waals surface area contributed by atoms with Gasteiger partial charge in [0.25, 0.3) is 0 Å². The number of unbranched alkanes of at least 4 members (excludes halogenated alkanes) is 27. The SMILES string of the molecule is CCCCCC/C=C/CC/C=C/CC/C=C/C(O)C(COP(=O)(O)OCC[N+](C)(C)C)NC(=O)CCCCCCCCCCCCCCC/C=C\CCCCCCCCCC. The second-order valence-corrected chi connectivity index (χ2v) is 20.0. The van der Waals surface area contributed by atoms with Gasteiger partial charge in [0.15, 0.2) is 0 Å². The van der Waals surface area contributed by atoms with E-state index >= 15 is 0 Å².